The van der Waals surface area contributed by atoms with Gasteiger partial charge in [-0.05, 0) is 29.7 Å². The molecule has 8 rings (SSSR count). The molecule has 0 saturated heterocycles. The normalized spacial score (nSPS) is 11.6. The van der Waals surface area contributed by atoms with Crippen molar-refractivity contribution in [3.63, 3.8) is 0 Å². The predicted molar refractivity (Wildman–Crippen MR) is 163 cm³/mol. The molecule has 3 heterocycles. The van der Waals surface area contributed by atoms with Gasteiger partial charge in [0.1, 0.15) is 5.58 Å². The van der Waals surface area contributed by atoms with Crippen LogP contribution in [0.4, 0.5) is 0 Å². The summed E-state index contributed by atoms with van der Waals surface area (Å²) in [5.41, 5.74) is 2.74. The third-order valence-electron chi connectivity index (χ3n) is 7.19. The summed E-state index contributed by atoms with van der Waals surface area (Å²) >= 11 is 1.74. The second-order valence-corrected chi connectivity index (χ2v) is 10.7. The summed E-state index contributed by atoms with van der Waals surface area (Å²) in [5.74, 6) is 1.66. The van der Waals surface area contributed by atoms with Gasteiger partial charge in [0.05, 0.1) is 5.39 Å². The zero-order valence-corrected chi connectivity index (χ0v) is 21.9. The predicted octanol–water partition coefficient (Wildman–Crippen LogP) is 8.50. The largest absolute Gasteiger partial charge is 0.422 e. The zero-order valence-electron chi connectivity index (χ0n) is 21.0. The van der Waals surface area contributed by atoms with Crippen molar-refractivity contribution < 1.29 is 4.42 Å². The fourth-order valence-corrected chi connectivity index (χ4v) is 6.50. The summed E-state index contributed by atoms with van der Waals surface area (Å²) in [4.78, 5) is 27.8. The maximum Gasteiger partial charge on any atom is 0.344 e. The summed E-state index contributed by atoms with van der Waals surface area (Å²) in [5, 5.41) is 4.61. The van der Waals surface area contributed by atoms with Gasteiger partial charge in [0, 0.05) is 42.2 Å². The van der Waals surface area contributed by atoms with E-state index in [1.807, 2.05) is 72.8 Å². The van der Waals surface area contributed by atoms with Crippen LogP contribution in [0.2, 0.25) is 0 Å². The molecule has 0 atom stereocenters. The van der Waals surface area contributed by atoms with Crippen molar-refractivity contribution >= 4 is 53.3 Å². The average Bonchev–Trinajstić information content (AvgIpc) is 3.40. The molecule has 8 aromatic rings. The lowest BCUT2D eigenvalue weighted by atomic mass is 10.0. The van der Waals surface area contributed by atoms with Gasteiger partial charge in [0.15, 0.2) is 17.5 Å². The molecule has 3 aromatic heterocycles. The molecule has 0 aliphatic heterocycles. The topological polar surface area (TPSA) is 68.9 Å². The first-order valence-corrected chi connectivity index (χ1v) is 13.7. The van der Waals surface area contributed by atoms with Crippen molar-refractivity contribution in [3.05, 3.63) is 126 Å². The number of para-hydroxylation sites is 1. The molecule has 0 amide bonds. The molecule has 5 nitrogen and oxygen atoms in total. The third kappa shape index (κ3) is 3.61. The Hall–Kier alpha value is -5.20. The Morgan fingerprint density at radius 2 is 1.23 bits per heavy atom. The summed E-state index contributed by atoms with van der Waals surface area (Å²) in [6.07, 6.45) is 0. The Morgan fingerprint density at radius 3 is 2.10 bits per heavy atom. The molecular weight excluding hydrogens is 514 g/mol. The van der Waals surface area contributed by atoms with Crippen LogP contribution in [0.25, 0.3) is 76.1 Å². The van der Waals surface area contributed by atoms with Gasteiger partial charge >= 0.3 is 5.63 Å². The van der Waals surface area contributed by atoms with E-state index in [1.165, 1.54) is 15.5 Å². The standard InChI is InChI=1S/C34H19N3O2S/c38-34-27-19-21(17-18-22(27)23-11-4-6-15-28(23)39-34)32-35-31(20-9-2-1-3-10-20)36-33(37-32)26-14-8-13-25-24-12-5-7-16-29(24)40-30(25)26/h1-19H. The molecule has 0 fully saturated rings. The van der Waals surface area contributed by atoms with Crippen LogP contribution in [-0.4, -0.2) is 15.0 Å². The molecule has 0 unspecified atom stereocenters. The van der Waals surface area contributed by atoms with Crippen molar-refractivity contribution in [2.75, 3.05) is 0 Å². The van der Waals surface area contributed by atoms with Crippen LogP contribution in [0.1, 0.15) is 0 Å². The van der Waals surface area contributed by atoms with Crippen molar-refractivity contribution in [1.82, 2.24) is 15.0 Å². The van der Waals surface area contributed by atoms with Crippen LogP contribution in [0.3, 0.4) is 0 Å². The minimum Gasteiger partial charge on any atom is -0.422 e. The molecule has 188 valence electrons. The van der Waals surface area contributed by atoms with Crippen molar-refractivity contribution in [2.45, 2.75) is 0 Å². The Balaban J connectivity index is 1.39. The average molecular weight is 534 g/mol. The van der Waals surface area contributed by atoms with Gasteiger partial charge in [-0.25, -0.2) is 19.7 Å². The van der Waals surface area contributed by atoms with Crippen LogP contribution in [0.5, 0.6) is 0 Å². The third-order valence-corrected chi connectivity index (χ3v) is 8.41. The molecule has 0 N–H and O–H groups in total. The van der Waals surface area contributed by atoms with E-state index in [1.54, 1.807) is 11.3 Å². The number of thiophene rings is 1. The molecule has 0 spiro atoms. The van der Waals surface area contributed by atoms with E-state index in [4.69, 9.17) is 19.4 Å². The minimum atomic E-state index is -0.386. The number of hydrogen-bond acceptors (Lipinski definition) is 6. The lowest BCUT2D eigenvalue weighted by Gasteiger charge is -2.10. The first kappa shape index (κ1) is 22.8. The zero-order chi connectivity index (χ0) is 26.6. The molecule has 40 heavy (non-hydrogen) atoms. The maximum absolute atomic E-state index is 13.0. The van der Waals surface area contributed by atoms with Gasteiger partial charge in [-0.1, -0.05) is 91.0 Å². The van der Waals surface area contributed by atoms with E-state index in [2.05, 4.69) is 42.5 Å². The molecule has 0 aliphatic rings. The van der Waals surface area contributed by atoms with Crippen LogP contribution < -0.4 is 5.63 Å². The highest BCUT2D eigenvalue weighted by atomic mass is 32.1. The summed E-state index contributed by atoms with van der Waals surface area (Å²) in [6, 6.07) is 37.9. The molecule has 0 radical (unpaired) electrons. The lowest BCUT2D eigenvalue weighted by Crippen LogP contribution is -2.02. The highest BCUT2D eigenvalue weighted by molar-refractivity contribution is 7.26. The molecule has 0 bridgehead atoms. The van der Waals surface area contributed by atoms with Gasteiger partial charge in [0.25, 0.3) is 0 Å². The van der Waals surface area contributed by atoms with Crippen LogP contribution in [-0.2, 0) is 0 Å². The summed E-state index contributed by atoms with van der Waals surface area (Å²) < 4.78 is 7.97. The van der Waals surface area contributed by atoms with Gasteiger partial charge in [-0.2, -0.15) is 0 Å². The van der Waals surface area contributed by atoms with Crippen molar-refractivity contribution in [2.24, 2.45) is 0 Å². The SMILES string of the molecule is O=c1oc2ccccc2c2ccc(-c3nc(-c4ccccc4)nc(-c4cccc5c4sc4ccccc45)n3)cc12. The first-order valence-electron chi connectivity index (χ1n) is 12.9. The Bertz CT molecular complexity index is 2310. The number of fused-ring (bicyclic) bond motifs is 6. The molecular formula is C34H19N3O2S. The van der Waals surface area contributed by atoms with Gasteiger partial charge in [-0.3, -0.25) is 0 Å². The van der Waals surface area contributed by atoms with E-state index in [9.17, 15) is 4.79 Å². The van der Waals surface area contributed by atoms with E-state index in [0.29, 0.717) is 28.4 Å². The minimum absolute atomic E-state index is 0.386. The maximum atomic E-state index is 13.0. The van der Waals surface area contributed by atoms with Crippen LogP contribution >= 0.6 is 11.3 Å². The second-order valence-electron chi connectivity index (χ2n) is 9.60. The summed E-state index contributed by atoms with van der Waals surface area (Å²) in [6.45, 7) is 0. The summed E-state index contributed by atoms with van der Waals surface area (Å²) in [7, 11) is 0. The van der Waals surface area contributed by atoms with Crippen molar-refractivity contribution in [3.8, 4) is 34.2 Å². The van der Waals surface area contributed by atoms with Gasteiger partial charge in [-0.15, -0.1) is 11.3 Å². The fraction of sp³-hybridized carbons (Fsp3) is 0. The molecule has 6 heteroatoms. The van der Waals surface area contributed by atoms with E-state index < -0.39 is 0 Å². The second kappa shape index (κ2) is 8.93. The number of rotatable bonds is 3. The Morgan fingerprint density at radius 1 is 0.525 bits per heavy atom. The smallest absolute Gasteiger partial charge is 0.344 e. The Kier molecular flexibility index (Phi) is 5.08. The quantitative estimate of drug-likeness (QED) is 0.168. The van der Waals surface area contributed by atoms with Crippen LogP contribution in [0.15, 0.2) is 124 Å². The Labute approximate surface area is 232 Å². The van der Waals surface area contributed by atoms with Gasteiger partial charge in [0.2, 0.25) is 0 Å². The van der Waals surface area contributed by atoms with E-state index in [-0.39, 0.29) is 5.63 Å². The highest BCUT2D eigenvalue weighted by Crippen LogP contribution is 2.39. The molecule has 5 aromatic carbocycles. The fourth-order valence-electron chi connectivity index (χ4n) is 5.29. The van der Waals surface area contributed by atoms with E-state index in [0.717, 1.165) is 32.2 Å². The first-order chi connectivity index (χ1) is 19.7. The van der Waals surface area contributed by atoms with E-state index >= 15 is 0 Å². The lowest BCUT2D eigenvalue weighted by molar-refractivity contribution is 0.569. The number of aromatic nitrogens is 3. The number of benzene rings is 5. The monoisotopic (exact) mass is 533 g/mol. The van der Waals surface area contributed by atoms with Crippen molar-refractivity contribution in [1.29, 1.82) is 0 Å². The number of nitrogens with zero attached hydrogens (tertiary/aromatic N) is 3. The molecule has 0 saturated carbocycles. The molecule has 0 aliphatic carbocycles. The van der Waals surface area contributed by atoms with Crippen LogP contribution in [0, 0.1) is 0 Å². The highest BCUT2D eigenvalue weighted by Gasteiger charge is 2.17. The van der Waals surface area contributed by atoms with Gasteiger partial charge < -0.3 is 4.42 Å². The number of hydrogen-bond donors (Lipinski definition) is 0.